The zero-order valence-corrected chi connectivity index (χ0v) is 14.5. The van der Waals surface area contributed by atoms with E-state index in [0.29, 0.717) is 29.8 Å². The Morgan fingerprint density at radius 3 is 2.69 bits per heavy atom. The van der Waals surface area contributed by atoms with Crippen molar-refractivity contribution in [2.75, 3.05) is 13.8 Å². The minimum absolute atomic E-state index is 0.0813. The second-order valence-corrected chi connectivity index (χ2v) is 6.88. The van der Waals surface area contributed by atoms with E-state index >= 15 is 0 Å². The van der Waals surface area contributed by atoms with Gasteiger partial charge in [-0.25, -0.2) is 0 Å². The molecule has 0 aromatic heterocycles. The van der Waals surface area contributed by atoms with E-state index in [9.17, 15) is 4.79 Å². The van der Waals surface area contributed by atoms with Crippen molar-refractivity contribution in [2.45, 2.75) is 25.4 Å². The molecule has 0 N–H and O–H groups in total. The number of hydrogen-bond donors (Lipinski definition) is 0. The summed E-state index contributed by atoms with van der Waals surface area (Å²) in [5.74, 6) is 2.52. The van der Waals surface area contributed by atoms with Gasteiger partial charge in [0.15, 0.2) is 5.76 Å². The number of ketones is 1. The molecular formula is C21H19NO4. The van der Waals surface area contributed by atoms with Crippen molar-refractivity contribution in [3.63, 3.8) is 0 Å². The summed E-state index contributed by atoms with van der Waals surface area (Å²) in [5, 5.41) is 0. The summed E-state index contributed by atoms with van der Waals surface area (Å²) < 4.78 is 17.0. The molecule has 0 radical (unpaired) electrons. The van der Waals surface area contributed by atoms with Crippen molar-refractivity contribution in [3.05, 3.63) is 58.8 Å². The summed E-state index contributed by atoms with van der Waals surface area (Å²) in [5.41, 5.74) is 2.49. The van der Waals surface area contributed by atoms with Crippen molar-refractivity contribution in [3.8, 4) is 17.2 Å². The van der Waals surface area contributed by atoms with Gasteiger partial charge in [-0.15, -0.1) is 0 Å². The van der Waals surface area contributed by atoms with Crippen LogP contribution in [0.4, 0.5) is 0 Å². The fraction of sp³-hybridized carbons (Fsp3) is 0.286. The molecule has 1 fully saturated rings. The number of Topliss-reactive ketones (excluding diaryl/α,β-unsaturated/α-hetero) is 1. The van der Waals surface area contributed by atoms with Crippen molar-refractivity contribution in [2.24, 2.45) is 0 Å². The van der Waals surface area contributed by atoms with E-state index in [2.05, 4.69) is 4.90 Å². The lowest BCUT2D eigenvalue weighted by molar-refractivity contribution is 0.0868. The van der Waals surface area contributed by atoms with Gasteiger partial charge in [-0.1, -0.05) is 12.1 Å². The highest BCUT2D eigenvalue weighted by Crippen LogP contribution is 2.43. The van der Waals surface area contributed by atoms with E-state index in [1.807, 2.05) is 30.3 Å². The lowest BCUT2D eigenvalue weighted by Gasteiger charge is -2.29. The van der Waals surface area contributed by atoms with Crippen molar-refractivity contribution in [1.82, 2.24) is 4.90 Å². The molecule has 2 aliphatic heterocycles. The SMILES string of the molecule is COc1ccc(C=C2Oc3c(ccc4c3CN(C3CC3)CO4)C2=O)cc1. The van der Waals surface area contributed by atoms with Gasteiger partial charge in [0.2, 0.25) is 5.78 Å². The standard InChI is InChI=1S/C21H19NO4/c1-24-15-6-2-13(3-7-15)10-19-20(23)16-8-9-18-17(21(16)26-19)11-22(12-25-18)14-4-5-14/h2-3,6-10,14H,4-5,11-12H2,1H3. The molecule has 2 aromatic rings. The van der Waals surface area contributed by atoms with Crippen LogP contribution in [-0.4, -0.2) is 30.6 Å². The van der Waals surface area contributed by atoms with E-state index in [-0.39, 0.29) is 5.78 Å². The minimum atomic E-state index is -0.0813. The number of benzene rings is 2. The lowest BCUT2D eigenvalue weighted by atomic mass is 10.0. The summed E-state index contributed by atoms with van der Waals surface area (Å²) >= 11 is 0. The van der Waals surface area contributed by atoms with Crippen molar-refractivity contribution in [1.29, 1.82) is 0 Å². The molecule has 2 aromatic carbocycles. The van der Waals surface area contributed by atoms with Crippen LogP contribution in [0.25, 0.3) is 6.08 Å². The summed E-state index contributed by atoms with van der Waals surface area (Å²) in [6, 6.07) is 11.8. The summed E-state index contributed by atoms with van der Waals surface area (Å²) in [4.78, 5) is 15.1. The highest BCUT2D eigenvalue weighted by molar-refractivity contribution is 6.15. The van der Waals surface area contributed by atoms with E-state index in [4.69, 9.17) is 14.2 Å². The van der Waals surface area contributed by atoms with Gasteiger partial charge >= 0.3 is 0 Å². The smallest absolute Gasteiger partial charge is 0.231 e. The Hall–Kier alpha value is -2.79. The first kappa shape index (κ1) is 15.5. The third-order valence-electron chi connectivity index (χ3n) is 5.12. The highest BCUT2D eigenvalue weighted by Gasteiger charge is 2.37. The zero-order valence-electron chi connectivity index (χ0n) is 14.5. The molecule has 5 rings (SSSR count). The predicted molar refractivity (Wildman–Crippen MR) is 96.4 cm³/mol. The van der Waals surface area contributed by atoms with Crippen molar-refractivity contribution >= 4 is 11.9 Å². The lowest BCUT2D eigenvalue weighted by Crippen LogP contribution is -2.33. The van der Waals surface area contributed by atoms with Crippen LogP contribution in [0.3, 0.4) is 0 Å². The molecule has 3 aliphatic rings. The Balaban J connectivity index is 1.47. The van der Waals surface area contributed by atoms with Crippen LogP contribution in [0.15, 0.2) is 42.2 Å². The van der Waals surface area contributed by atoms with Crippen molar-refractivity contribution < 1.29 is 19.0 Å². The Labute approximate surface area is 151 Å². The second-order valence-electron chi connectivity index (χ2n) is 6.88. The van der Waals surface area contributed by atoms with Gasteiger partial charge in [0.05, 0.1) is 18.2 Å². The van der Waals surface area contributed by atoms with Gasteiger partial charge < -0.3 is 14.2 Å². The quantitative estimate of drug-likeness (QED) is 0.792. The fourth-order valence-corrected chi connectivity index (χ4v) is 3.50. The van der Waals surface area contributed by atoms with Crippen LogP contribution in [0.2, 0.25) is 0 Å². The first-order valence-electron chi connectivity index (χ1n) is 8.84. The van der Waals surface area contributed by atoms with Gasteiger partial charge in [-0.05, 0) is 48.7 Å². The number of methoxy groups -OCH3 is 1. The third-order valence-corrected chi connectivity index (χ3v) is 5.12. The van der Waals surface area contributed by atoms with Gasteiger partial charge in [-0.2, -0.15) is 0 Å². The van der Waals surface area contributed by atoms with Crippen LogP contribution < -0.4 is 14.2 Å². The van der Waals surface area contributed by atoms with Gasteiger partial charge in [0, 0.05) is 12.6 Å². The molecule has 5 nitrogen and oxygen atoms in total. The van der Waals surface area contributed by atoms with Gasteiger partial charge in [-0.3, -0.25) is 9.69 Å². The topological polar surface area (TPSA) is 48.0 Å². The third kappa shape index (κ3) is 2.56. The minimum Gasteiger partial charge on any atom is -0.497 e. The van der Waals surface area contributed by atoms with Gasteiger partial charge in [0.25, 0.3) is 0 Å². The maximum Gasteiger partial charge on any atom is 0.231 e. The van der Waals surface area contributed by atoms with E-state index in [1.165, 1.54) is 12.8 Å². The Kier molecular flexibility index (Phi) is 3.50. The van der Waals surface area contributed by atoms with Crippen LogP contribution in [0, 0.1) is 0 Å². The molecule has 0 spiro atoms. The van der Waals surface area contributed by atoms with E-state index in [0.717, 1.165) is 29.2 Å². The molecule has 0 saturated heterocycles. The first-order valence-corrected chi connectivity index (χ1v) is 8.84. The molecule has 5 heteroatoms. The monoisotopic (exact) mass is 349 g/mol. The van der Waals surface area contributed by atoms with Crippen LogP contribution >= 0.6 is 0 Å². The molecule has 0 atom stereocenters. The Bertz CT molecular complexity index is 912. The van der Waals surface area contributed by atoms with E-state index in [1.54, 1.807) is 19.3 Å². The maximum absolute atomic E-state index is 12.8. The largest absolute Gasteiger partial charge is 0.497 e. The van der Waals surface area contributed by atoms with Crippen LogP contribution in [0.5, 0.6) is 17.2 Å². The summed E-state index contributed by atoms with van der Waals surface area (Å²) in [6.07, 6.45) is 4.21. The number of hydrogen-bond acceptors (Lipinski definition) is 5. The Morgan fingerprint density at radius 2 is 1.96 bits per heavy atom. The molecule has 2 heterocycles. The number of carbonyl (C=O) groups excluding carboxylic acids is 1. The maximum atomic E-state index is 12.8. The first-order chi connectivity index (χ1) is 12.7. The normalized spacial score (nSPS) is 20.3. The number of ether oxygens (including phenoxy) is 3. The Morgan fingerprint density at radius 1 is 1.15 bits per heavy atom. The van der Waals surface area contributed by atoms with Crippen LogP contribution in [-0.2, 0) is 6.54 Å². The molecule has 0 bridgehead atoms. The van der Waals surface area contributed by atoms with E-state index < -0.39 is 0 Å². The predicted octanol–water partition coefficient (Wildman–Crippen LogP) is 3.63. The zero-order chi connectivity index (χ0) is 17.7. The number of carbonyl (C=O) groups is 1. The average Bonchev–Trinajstić information content (AvgIpc) is 3.48. The fourth-order valence-electron chi connectivity index (χ4n) is 3.50. The molecule has 1 saturated carbocycles. The molecule has 0 unspecified atom stereocenters. The molecular weight excluding hydrogens is 330 g/mol. The molecule has 1 aliphatic carbocycles. The highest BCUT2D eigenvalue weighted by atomic mass is 16.5. The van der Waals surface area contributed by atoms with Crippen LogP contribution in [0.1, 0.15) is 34.3 Å². The van der Waals surface area contributed by atoms with Gasteiger partial charge in [0.1, 0.15) is 24.0 Å². The number of fused-ring (bicyclic) bond motifs is 3. The molecule has 132 valence electrons. The number of nitrogens with zero attached hydrogens (tertiary/aromatic N) is 1. The number of rotatable bonds is 3. The average molecular weight is 349 g/mol. The summed E-state index contributed by atoms with van der Waals surface area (Å²) in [7, 11) is 1.63. The summed E-state index contributed by atoms with van der Waals surface area (Å²) in [6.45, 7) is 1.38. The molecule has 26 heavy (non-hydrogen) atoms. The second kappa shape index (κ2) is 5.88. The molecule has 0 amide bonds. The number of allylic oxidation sites excluding steroid dienone is 1.